The monoisotopic (exact) mass is 461 g/mol. The highest BCUT2D eigenvalue weighted by Crippen LogP contribution is 2.32. The fraction of sp³-hybridized carbons (Fsp3) is 0.286. The van der Waals surface area contributed by atoms with Gasteiger partial charge in [-0.15, -0.1) is 0 Å². The number of hydrogen-bond donors (Lipinski definition) is 2. The van der Waals surface area contributed by atoms with E-state index in [1.165, 1.54) is 24.3 Å². The zero-order chi connectivity index (χ0) is 21.2. The van der Waals surface area contributed by atoms with Gasteiger partial charge in [-0.25, -0.2) is 9.18 Å². The average Bonchev–Trinajstić information content (AvgIpc) is 2.94. The van der Waals surface area contributed by atoms with Crippen LogP contribution in [0.5, 0.6) is 0 Å². The molecule has 152 valence electrons. The minimum absolute atomic E-state index is 0.274. The van der Waals surface area contributed by atoms with Crippen molar-refractivity contribution in [2.75, 3.05) is 6.54 Å². The van der Waals surface area contributed by atoms with Gasteiger partial charge in [0.15, 0.2) is 0 Å². The van der Waals surface area contributed by atoms with Crippen molar-refractivity contribution in [2.45, 2.75) is 31.8 Å². The van der Waals surface area contributed by atoms with Crippen LogP contribution in [0.1, 0.15) is 37.4 Å². The van der Waals surface area contributed by atoms with Crippen molar-refractivity contribution in [3.05, 3.63) is 69.9 Å². The Morgan fingerprint density at radius 2 is 1.79 bits per heavy atom. The SMILES string of the molecule is CCC1(c2ccc(F)cc2)NC(=O)N(CC(=O)NC(C)c2ccc(Br)cc2)C1=O. The number of carbonyl (C=O) groups is 3. The fourth-order valence-electron chi connectivity index (χ4n) is 3.41. The molecule has 0 aliphatic carbocycles. The molecule has 2 atom stereocenters. The summed E-state index contributed by atoms with van der Waals surface area (Å²) >= 11 is 3.36. The number of amides is 4. The van der Waals surface area contributed by atoms with E-state index in [-0.39, 0.29) is 12.5 Å². The van der Waals surface area contributed by atoms with Crippen LogP contribution < -0.4 is 10.6 Å². The lowest BCUT2D eigenvalue weighted by Crippen LogP contribution is -2.45. The third-order valence-corrected chi connectivity index (χ3v) is 5.62. The van der Waals surface area contributed by atoms with E-state index in [4.69, 9.17) is 0 Å². The maximum absolute atomic E-state index is 13.3. The summed E-state index contributed by atoms with van der Waals surface area (Å²) < 4.78 is 14.2. The van der Waals surface area contributed by atoms with Gasteiger partial charge in [0.25, 0.3) is 5.91 Å². The number of hydrogen-bond acceptors (Lipinski definition) is 3. The molecule has 8 heteroatoms. The zero-order valence-electron chi connectivity index (χ0n) is 16.0. The normalized spacial score (nSPS) is 19.8. The average molecular weight is 462 g/mol. The molecule has 2 aromatic rings. The van der Waals surface area contributed by atoms with Gasteiger partial charge in [-0.3, -0.25) is 14.5 Å². The van der Waals surface area contributed by atoms with Crippen LogP contribution in [0, 0.1) is 5.82 Å². The van der Waals surface area contributed by atoms with Gasteiger partial charge in [0, 0.05) is 4.47 Å². The lowest BCUT2D eigenvalue weighted by Gasteiger charge is -2.25. The number of nitrogens with one attached hydrogen (secondary N) is 2. The minimum Gasteiger partial charge on any atom is -0.348 e. The van der Waals surface area contributed by atoms with Crippen molar-refractivity contribution in [3.8, 4) is 0 Å². The molecule has 1 fully saturated rings. The molecule has 2 N–H and O–H groups in total. The number of rotatable bonds is 6. The van der Waals surface area contributed by atoms with E-state index < -0.39 is 35.7 Å². The van der Waals surface area contributed by atoms with Crippen molar-refractivity contribution in [3.63, 3.8) is 0 Å². The van der Waals surface area contributed by atoms with Crippen molar-refractivity contribution < 1.29 is 18.8 Å². The number of imide groups is 1. The quantitative estimate of drug-likeness (QED) is 0.644. The highest BCUT2D eigenvalue weighted by Gasteiger charge is 2.51. The predicted molar refractivity (Wildman–Crippen MR) is 109 cm³/mol. The van der Waals surface area contributed by atoms with E-state index in [0.717, 1.165) is 14.9 Å². The topological polar surface area (TPSA) is 78.5 Å². The molecule has 29 heavy (non-hydrogen) atoms. The van der Waals surface area contributed by atoms with Gasteiger partial charge in [-0.1, -0.05) is 47.1 Å². The summed E-state index contributed by atoms with van der Waals surface area (Å²) in [4.78, 5) is 38.9. The molecule has 3 rings (SSSR count). The molecule has 0 spiro atoms. The molecular weight excluding hydrogens is 441 g/mol. The molecular formula is C21H21BrFN3O3. The van der Waals surface area contributed by atoms with E-state index >= 15 is 0 Å². The van der Waals surface area contributed by atoms with Crippen LogP contribution in [0.4, 0.5) is 9.18 Å². The predicted octanol–water partition coefficient (Wildman–Crippen LogP) is 3.62. The second-order valence-electron chi connectivity index (χ2n) is 6.93. The summed E-state index contributed by atoms with van der Waals surface area (Å²) in [6, 6.07) is 12.0. The number of halogens is 2. The maximum atomic E-state index is 13.3. The summed E-state index contributed by atoms with van der Waals surface area (Å²) in [6.07, 6.45) is 0.274. The first-order chi connectivity index (χ1) is 13.8. The van der Waals surface area contributed by atoms with Gasteiger partial charge in [0.2, 0.25) is 5.91 Å². The number of nitrogens with zero attached hydrogens (tertiary/aromatic N) is 1. The highest BCUT2D eigenvalue weighted by atomic mass is 79.9. The molecule has 6 nitrogen and oxygen atoms in total. The molecule has 2 aromatic carbocycles. The molecule has 1 heterocycles. The van der Waals surface area contributed by atoms with Gasteiger partial charge in [0.1, 0.15) is 17.9 Å². The summed E-state index contributed by atoms with van der Waals surface area (Å²) in [5.41, 5.74) is 0.0708. The van der Waals surface area contributed by atoms with E-state index in [2.05, 4.69) is 26.6 Å². The van der Waals surface area contributed by atoms with Crippen molar-refractivity contribution in [2.24, 2.45) is 0 Å². The molecule has 1 aliphatic rings. The van der Waals surface area contributed by atoms with Gasteiger partial charge in [-0.2, -0.15) is 0 Å². The van der Waals surface area contributed by atoms with Crippen LogP contribution >= 0.6 is 15.9 Å². The van der Waals surface area contributed by atoms with Crippen LogP contribution in [0.25, 0.3) is 0 Å². The smallest absolute Gasteiger partial charge is 0.325 e. The second kappa shape index (κ2) is 8.32. The Morgan fingerprint density at radius 3 is 2.38 bits per heavy atom. The van der Waals surface area contributed by atoms with Crippen molar-refractivity contribution in [1.29, 1.82) is 0 Å². The molecule has 1 saturated heterocycles. The van der Waals surface area contributed by atoms with Gasteiger partial charge in [-0.05, 0) is 48.7 Å². The Hall–Kier alpha value is -2.74. The largest absolute Gasteiger partial charge is 0.348 e. The number of urea groups is 1. The van der Waals surface area contributed by atoms with E-state index in [0.29, 0.717) is 5.56 Å². The lowest BCUT2D eigenvalue weighted by atomic mass is 9.87. The summed E-state index contributed by atoms with van der Waals surface area (Å²) in [5.74, 6) is -1.41. The highest BCUT2D eigenvalue weighted by molar-refractivity contribution is 9.10. The number of carbonyl (C=O) groups excluding carboxylic acids is 3. The molecule has 0 aromatic heterocycles. The Balaban J connectivity index is 1.73. The molecule has 0 saturated carbocycles. The Kier molecular flexibility index (Phi) is 6.02. The summed E-state index contributed by atoms with van der Waals surface area (Å²) in [7, 11) is 0. The van der Waals surface area contributed by atoms with Gasteiger partial charge < -0.3 is 10.6 Å². The van der Waals surface area contributed by atoms with Gasteiger partial charge in [0.05, 0.1) is 6.04 Å². The first-order valence-corrected chi connectivity index (χ1v) is 10.0. The third-order valence-electron chi connectivity index (χ3n) is 5.09. The van der Waals surface area contributed by atoms with Crippen LogP contribution in [0.3, 0.4) is 0 Å². The Morgan fingerprint density at radius 1 is 1.17 bits per heavy atom. The Labute approximate surface area is 176 Å². The molecule has 2 unspecified atom stereocenters. The molecule has 4 amide bonds. The van der Waals surface area contributed by atoms with Crippen LogP contribution in [0.2, 0.25) is 0 Å². The lowest BCUT2D eigenvalue weighted by molar-refractivity contribution is -0.135. The van der Waals surface area contributed by atoms with Crippen LogP contribution in [0.15, 0.2) is 53.0 Å². The summed E-state index contributed by atoms with van der Waals surface area (Å²) in [6.45, 7) is 3.18. The van der Waals surface area contributed by atoms with E-state index in [1.54, 1.807) is 6.92 Å². The maximum Gasteiger partial charge on any atom is 0.325 e. The molecule has 0 radical (unpaired) electrons. The first-order valence-electron chi connectivity index (χ1n) is 9.22. The fourth-order valence-corrected chi connectivity index (χ4v) is 3.67. The van der Waals surface area contributed by atoms with Crippen LogP contribution in [-0.4, -0.2) is 29.3 Å². The van der Waals surface area contributed by atoms with Gasteiger partial charge >= 0.3 is 6.03 Å². The van der Waals surface area contributed by atoms with E-state index in [1.807, 2.05) is 31.2 Å². The van der Waals surface area contributed by atoms with Crippen LogP contribution in [-0.2, 0) is 15.1 Å². The standard InChI is InChI=1S/C21H21BrFN3O3/c1-3-21(15-6-10-17(23)11-7-15)19(28)26(20(29)25-21)12-18(27)24-13(2)14-4-8-16(22)9-5-14/h4-11,13H,3,12H2,1-2H3,(H,24,27)(H,25,29). The third kappa shape index (κ3) is 4.17. The van der Waals surface area contributed by atoms with E-state index in [9.17, 15) is 18.8 Å². The first kappa shape index (κ1) is 21.0. The molecule has 0 bridgehead atoms. The summed E-state index contributed by atoms with van der Waals surface area (Å²) in [5, 5.41) is 5.48. The Bertz CT molecular complexity index is 933. The minimum atomic E-state index is -1.30. The molecule has 1 aliphatic heterocycles. The zero-order valence-corrected chi connectivity index (χ0v) is 17.6. The number of benzene rings is 2. The van der Waals surface area contributed by atoms with Crippen molar-refractivity contribution >= 4 is 33.8 Å². The second-order valence-corrected chi connectivity index (χ2v) is 7.84. The van der Waals surface area contributed by atoms with Crippen molar-refractivity contribution in [1.82, 2.24) is 15.5 Å².